The summed E-state index contributed by atoms with van der Waals surface area (Å²) in [7, 11) is 3.98. The summed E-state index contributed by atoms with van der Waals surface area (Å²) in [5.41, 5.74) is 6.93. The van der Waals surface area contributed by atoms with E-state index in [0.717, 1.165) is 12.5 Å². The Hall–Kier alpha value is -5.63. The molecule has 0 aliphatic carbocycles. The van der Waals surface area contributed by atoms with Crippen LogP contribution in [0.1, 0.15) is 69.7 Å². The third kappa shape index (κ3) is 6.92. The fourth-order valence-corrected chi connectivity index (χ4v) is 4.57. The highest BCUT2D eigenvalue weighted by atomic mass is 35.5. The van der Waals surface area contributed by atoms with Gasteiger partial charge in [0.2, 0.25) is 35.3 Å². The highest BCUT2D eigenvalue weighted by Crippen LogP contribution is 2.32. The molecular weight excluding hydrogens is 684 g/mol. The topological polar surface area (TPSA) is 256 Å². The predicted octanol–water partition coefficient (Wildman–Crippen LogP) is 4.61. The molecule has 6 rings (SSSR count). The molecule has 0 saturated carbocycles. The van der Waals surface area contributed by atoms with Crippen molar-refractivity contribution in [3.8, 4) is 46.3 Å². The van der Waals surface area contributed by atoms with Crippen LogP contribution in [0.2, 0.25) is 0 Å². The number of aromatic nitrogens is 6. The van der Waals surface area contributed by atoms with Crippen LogP contribution >= 0.6 is 12.4 Å². The fourth-order valence-electron chi connectivity index (χ4n) is 4.57. The average molecular weight is 715 g/mol. The van der Waals surface area contributed by atoms with Crippen molar-refractivity contribution in [1.82, 2.24) is 35.2 Å². The third-order valence-electron chi connectivity index (χ3n) is 7.16. The van der Waals surface area contributed by atoms with E-state index < -0.39 is 24.2 Å². The second-order valence-electron chi connectivity index (χ2n) is 10.4. The number of oxazole rings is 6. The van der Waals surface area contributed by atoms with Crippen molar-refractivity contribution in [2.24, 2.45) is 5.73 Å². The third-order valence-corrected chi connectivity index (χ3v) is 7.16. The molecule has 0 aromatic carbocycles. The Morgan fingerprint density at radius 2 is 1.34 bits per heavy atom. The second kappa shape index (κ2) is 14.9. The van der Waals surface area contributed by atoms with Gasteiger partial charge in [-0.05, 0) is 20.3 Å². The van der Waals surface area contributed by atoms with Gasteiger partial charge in [-0.25, -0.2) is 34.7 Å². The van der Waals surface area contributed by atoms with E-state index in [2.05, 4.69) is 40.0 Å². The Balaban J connectivity index is 0.00000486. The van der Waals surface area contributed by atoms with Gasteiger partial charge in [-0.1, -0.05) is 6.92 Å². The number of nitrogens with zero attached hydrogens (tertiary/aromatic N) is 6. The molecular formula is C30H31ClN8O11. The molecule has 6 heterocycles. The lowest BCUT2D eigenvalue weighted by Gasteiger charge is -2.22. The second-order valence-corrected chi connectivity index (χ2v) is 10.4. The Bertz CT molecular complexity index is 2090. The summed E-state index contributed by atoms with van der Waals surface area (Å²) in [4.78, 5) is 51.1. The van der Waals surface area contributed by atoms with Crippen LogP contribution in [0.5, 0.6) is 0 Å². The van der Waals surface area contributed by atoms with E-state index in [0.29, 0.717) is 29.5 Å². The Morgan fingerprint density at radius 1 is 0.740 bits per heavy atom. The van der Waals surface area contributed by atoms with Crippen molar-refractivity contribution in [2.75, 3.05) is 21.3 Å². The first kappa shape index (κ1) is 35.7. The van der Waals surface area contributed by atoms with Crippen LogP contribution in [0.25, 0.3) is 46.3 Å². The molecule has 50 heavy (non-hydrogen) atoms. The van der Waals surface area contributed by atoms with Crippen LogP contribution in [0.3, 0.4) is 0 Å². The maximum Gasteiger partial charge on any atom is 0.360 e. The number of carbonyl (C=O) groups is 2. The van der Waals surface area contributed by atoms with Crippen molar-refractivity contribution in [2.45, 2.75) is 45.6 Å². The number of ether oxygens (including phenoxy) is 3. The highest BCUT2D eigenvalue weighted by Gasteiger charge is 2.32. The molecule has 0 bridgehead atoms. The van der Waals surface area contributed by atoms with Gasteiger partial charge in [0.25, 0.3) is 5.91 Å². The zero-order chi connectivity index (χ0) is 34.8. The summed E-state index contributed by atoms with van der Waals surface area (Å²) in [5, 5.41) is 2.74. The van der Waals surface area contributed by atoms with E-state index in [-0.39, 0.29) is 76.4 Å². The van der Waals surface area contributed by atoms with Crippen LogP contribution in [0.15, 0.2) is 51.6 Å². The number of nitrogens with one attached hydrogen (secondary N) is 1. The lowest BCUT2D eigenvalue weighted by Crippen LogP contribution is -2.38. The monoisotopic (exact) mass is 714 g/mol. The smallest absolute Gasteiger partial charge is 0.360 e. The first-order chi connectivity index (χ1) is 23.6. The summed E-state index contributed by atoms with van der Waals surface area (Å²) >= 11 is 0. The number of esters is 1. The van der Waals surface area contributed by atoms with Crippen molar-refractivity contribution in [1.29, 1.82) is 0 Å². The summed E-state index contributed by atoms with van der Waals surface area (Å²) in [6.45, 7) is 5.32. The van der Waals surface area contributed by atoms with Gasteiger partial charge < -0.3 is 51.8 Å². The van der Waals surface area contributed by atoms with Gasteiger partial charge >= 0.3 is 5.97 Å². The van der Waals surface area contributed by atoms with E-state index in [1.165, 1.54) is 33.9 Å². The molecule has 0 radical (unpaired) electrons. The Morgan fingerprint density at radius 3 is 2.06 bits per heavy atom. The standard InChI is InChI=1S/C30H30N8O11.ClH/c1-7-14(31)23-37-20(13(3)48-23)28-38-19(12(2)49-28)26-32-15(8-46-26)22(39)36-21(30(42-5)43-6)27-34-17(10-47-27)24-33-16(9-44-24)25-35-18(11-45-25)29(40)41-4;/h8-11,14,21,30H,7,31H2,1-6H3,(H,36,39);1H. The zero-order valence-electron chi connectivity index (χ0n) is 27.4. The van der Waals surface area contributed by atoms with Crippen LogP contribution < -0.4 is 11.1 Å². The first-order valence-electron chi connectivity index (χ1n) is 14.6. The largest absolute Gasteiger partial charge is 0.464 e. The fraction of sp³-hybridized carbons (Fsp3) is 0.333. The van der Waals surface area contributed by atoms with E-state index in [4.69, 9.17) is 41.7 Å². The number of carbonyl (C=O) groups excluding carboxylic acids is 2. The molecule has 6 aromatic heterocycles. The zero-order valence-corrected chi connectivity index (χ0v) is 28.2. The van der Waals surface area contributed by atoms with E-state index >= 15 is 0 Å². The van der Waals surface area contributed by atoms with Gasteiger partial charge in [0, 0.05) is 14.2 Å². The van der Waals surface area contributed by atoms with E-state index in [9.17, 15) is 9.59 Å². The first-order valence-corrected chi connectivity index (χ1v) is 14.6. The maximum absolute atomic E-state index is 13.4. The minimum Gasteiger partial charge on any atom is -0.464 e. The van der Waals surface area contributed by atoms with Crippen molar-refractivity contribution >= 4 is 24.3 Å². The highest BCUT2D eigenvalue weighted by molar-refractivity contribution is 5.92. The number of nitrogens with two attached hydrogens (primary N) is 1. The molecule has 0 aliphatic heterocycles. The van der Waals surface area contributed by atoms with E-state index in [1.807, 2.05) is 6.92 Å². The number of hydrogen-bond acceptors (Lipinski definition) is 18. The van der Waals surface area contributed by atoms with Gasteiger partial charge in [-0.3, -0.25) is 4.79 Å². The molecule has 19 nitrogen and oxygen atoms in total. The van der Waals surface area contributed by atoms with Crippen molar-refractivity contribution < 1.29 is 50.3 Å². The summed E-state index contributed by atoms with van der Waals surface area (Å²) in [6.07, 6.45) is 4.41. The number of hydrogen-bond donors (Lipinski definition) is 2. The molecule has 0 saturated heterocycles. The molecule has 6 aromatic rings. The predicted molar refractivity (Wildman–Crippen MR) is 168 cm³/mol. The maximum atomic E-state index is 13.4. The van der Waals surface area contributed by atoms with Crippen LogP contribution in [0, 0.1) is 13.8 Å². The average Bonchev–Trinajstić information content (AvgIpc) is 3.95. The van der Waals surface area contributed by atoms with Gasteiger partial charge in [0.1, 0.15) is 36.6 Å². The summed E-state index contributed by atoms with van der Waals surface area (Å²) < 4.78 is 49.0. The number of methoxy groups -OCH3 is 3. The van der Waals surface area contributed by atoms with Gasteiger partial charge in [-0.2, -0.15) is 0 Å². The van der Waals surface area contributed by atoms with Gasteiger partial charge in [0.05, 0.1) is 13.2 Å². The number of amides is 1. The normalized spacial score (nSPS) is 12.6. The SMILES string of the molecule is CCC(N)c1nc(-c2nc(-c3nc(C(=O)NC(c4nc(-c5nc(-c6nc(C(=O)OC)co6)co5)co4)C(OC)OC)co3)c(C)o2)c(C)o1.Cl. The van der Waals surface area contributed by atoms with Crippen molar-refractivity contribution in [3.05, 3.63) is 59.7 Å². The molecule has 20 heteroatoms. The van der Waals surface area contributed by atoms with E-state index in [1.54, 1.807) is 13.8 Å². The van der Waals surface area contributed by atoms with Gasteiger partial charge in [-0.15, -0.1) is 12.4 Å². The van der Waals surface area contributed by atoms with Crippen LogP contribution in [-0.4, -0.2) is 69.4 Å². The number of halogens is 1. The van der Waals surface area contributed by atoms with Crippen LogP contribution in [0.4, 0.5) is 0 Å². The number of rotatable bonds is 13. The molecule has 3 N–H and O–H groups in total. The molecule has 0 aliphatic rings. The molecule has 0 fully saturated rings. The quantitative estimate of drug-likeness (QED) is 0.122. The Labute approximate surface area is 288 Å². The van der Waals surface area contributed by atoms with Gasteiger partial charge in [0.15, 0.2) is 46.5 Å². The molecule has 1 amide bonds. The van der Waals surface area contributed by atoms with Crippen molar-refractivity contribution in [3.63, 3.8) is 0 Å². The molecule has 2 atom stereocenters. The molecule has 2 unspecified atom stereocenters. The minimum absolute atomic E-state index is 0. The minimum atomic E-state index is -1.07. The van der Waals surface area contributed by atoms with Crippen LogP contribution in [-0.2, 0) is 14.2 Å². The molecule has 0 spiro atoms. The summed E-state index contributed by atoms with van der Waals surface area (Å²) in [6, 6.07) is -1.44. The lowest BCUT2D eigenvalue weighted by molar-refractivity contribution is -0.126. The number of aryl methyl sites for hydroxylation is 2. The summed E-state index contributed by atoms with van der Waals surface area (Å²) in [5.74, 6) is 0.134. The molecule has 264 valence electrons. The lowest BCUT2D eigenvalue weighted by atomic mass is 10.2. The Kier molecular flexibility index (Phi) is 10.6.